The second kappa shape index (κ2) is 15.7. The first-order valence-electron chi connectivity index (χ1n) is 11.4. The van der Waals surface area contributed by atoms with Crippen LogP contribution in [0.5, 0.6) is 5.75 Å². The van der Waals surface area contributed by atoms with Gasteiger partial charge in [-0.15, -0.1) is 6.58 Å². The molecule has 0 fully saturated rings. The van der Waals surface area contributed by atoms with Crippen molar-refractivity contribution in [1.29, 1.82) is 0 Å². The molecule has 0 aromatic heterocycles. The highest BCUT2D eigenvalue weighted by Crippen LogP contribution is 2.35. The summed E-state index contributed by atoms with van der Waals surface area (Å²) in [6.07, 6.45) is 5.38. The summed E-state index contributed by atoms with van der Waals surface area (Å²) in [6, 6.07) is 12.0. The van der Waals surface area contributed by atoms with Gasteiger partial charge in [0.1, 0.15) is 11.5 Å². The maximum atomic E-state index is 9.87. The summed E-state index contributed by atoms with van der Waals surface area (Å²) >= 11 is 0. The molecule has 2 atom stereocenters. The van der Waals surface area contributed by atoms with Crippen LogP contribution in [0.25, 0.3) is 0 Å². The van der Waals surface area contributed by atoms with Gasteiger partial charge in [0.05, 0.1) is 0 Å². The molecule has 0 saturated carbocycles. The molecule has 34 heavy (non-hydrogen) atoms. The third-order valence-electron chi connectivity index (χ3n) is 5.87. The summed E-state index contributed by atoms with van der Waals surface area (Å²) in [5, 5.41) is 19.5. The molecule has 188 valence electrons. The quantitative estimate of drug-likeness (QED) is 0.236. The molecule has 2 aromatic carbocycles. The Bertz CT molecular complexity index is 968. The lowest BCUT2D eigenvalue weighted by Crippen LogP contribution is -2.08. The standard InChI is InChI=1S/C28H34O2.C2H6.2H2O/c1-8-23(16-21(6)27(9-2)22(7)29)28-17-19(4)18(3)14-25(28)15-20(5)24-10-12-26(30)13-11-24;1-2;;/h8-14,17,20,23,29-30H,1,6-7,15-16H2,2-5H3;1-2H3;2*1H2/b27-9+;;;. The van der Waals surface area contributed by atoms with E-state index in [-0.39, 0.29) is 28.4 Å². The number of hydrogen-bond acceptors (Lipinski definition) is 2. The predicted octanol–water partition coefficient (Wildman–Crippen LogP) is 6.97. The van der Waals surface area contributed by atoms with Crippen LogP contribution in [-0.4, -0.2) is 21.2 Å². The van der Waals surface area contributed by atoms with Crippen molar-refractivity contribution < 1.29 is 21.2 Å². The molecule has 2 aromatic rings. The minimum atomic E-state index is 0. The first-order valence-corrected chi connectivity index (χ1v) is 11.4. The summed E-state index contributed by atoms with van der Waals surface area (Å²) in [7, 11) is 0. The largest absolute Gasteiger partial charge is 0.508 e. The fourth-order valence-electron chi connectivity index (χ4n) is 3.94. The minimum Gasteiger partial charge on any atom is -0.508 e. The molecule has 4 heteroatoms. The number of rotatable bonds is 9. The van der Waals surface area contributed by atoms with Gasteiger partial charge >= 0.3 is 0 Å². The van der Waals surface area contributed by atoms with E-state index in [0.717, 1.165) is 12.0 Å². The van der Waals surface area contributed by atoms with Crippen molar-refractivity contribution in [2.24, 2.45) is 0 Å². The molecule has 0 saturated heterocycles. The molecule has 0 heterocycles. The fourth-order valence-corrected chi connectivity index (χ4v) is 3.94. The van der Waals surface area contributed by atoms with Gasteiger partial charge in [0, 0.05) is 11.5 Å². The Morgan fingerprint density at radius 1 is 1.00 bits per heavy atom. The summed E-state index contributed by atoms with van der Waals surface area (Å²) in [4.78, 5) is 0. The summed E-state index contributed by atoms with van der Waals surface area (Å²) < 4.78 is 0. The van der Waals surface area contributed by atoms with Crippen LogP contribution in [0.1, 0.15) is 73.8 Å². The van der Waals surface area contributed by atoms with Crippen molar-refractivity contribution in [3.05, 3.63) is 113 Å². The van der Waals surface area contributed by atoms with Crippen molar-refractivity contribution in [3.63, 3.8) is 0 Å². The number of aliphatic hydroxyl groups excluding tert-OH is 1. The molecule has 0 radical (unpaired) electrons. The summed E-state index contributed by atoms with van der Waals surface area (Å²) in [5.41, 5.74) is 7.81. The monoisotopic (exact) mass is 468 g/mol. The Labute approximate surface area is 206 Å². The molecule has 0 aliphatic rings. The topological polar surface area (TPSA) is 103 Å². The minimum absolute atomic E-state index is 0. The van der Waals surface area contributed by atoms with E-state index in [9.17, 15) is 10.2 Å². The highest BCUT2D eigenvalue weighted by molar-refractivity contribution is 5.46. The van der Waals surface area contributed by atoms with Crippen molar-refractivity contribution in [3.8, 4) is 5.75 Å². The third kappa shape index (κ3) is 8.69. The maximum absolute atomic E-state index is 9.87. The van der Waals surface area contributed by atoms with Gasteiger partial charge in [-0.05, 0) is 85.1 Å². The number of phenolic OH excluding ortho intramolecular Hbond substituents is 1. The van der Waals surface area contributed by atoms with Crippen molar-refractivity contribution in [2.45, 2.75) is 66.2 Å². The fraction of sp³-hybridized carbons (Fsp3) is 0.333. The van der Waals surface area contributed by atoms with Gasteiger partial charge in [-0.25, -0.2) is 0 Å². The molecule has 0 bridgehead atoms. The van der Waals surface area contributed by atoms with Gasteiger partial charge in [0.2, 0.25) is 0 Å². The van der Waals surface area contributed by atoms with Crippen molar-refractivity contribution >= 4 is 0 Å². The van der Waals surface area contributed by atoms with Crippen LogP contribution >= 0.6 is 0 Å². The molecular formula is C30H44O4. The van der Waals surface area contributed by atoms with E-state index in [4.69, 9.17) is 0 Å². The normalized spacial score (nSPS) is 12.1. The lowest BCUT2D eigenvalue weighted by atomic mass is 9.82. The van der Waals surface area contributed by atoms with E-state index in [1.807, 2.05) is 45.1 Å². The SMILES string of the molecule is C=CC(CC(=C)/C(=C\C)C(=C)O)c1cc(C)c(C)cc1CC(C)c1ccc(O)cc1.CC.O.O. The molecular weight excluding hydrogens is 424 g/mol. The van der Waals surface area contributed by atoms with Crippen LogP contribution in [0.2, 0.25) is 0 Å². The lowest BCUT2D eigenvalue weighted by molar-refractivity contribution is 0.427. The van der Waals surface area contributed by atoms with E-state index >= 15 is 0 Å². The highest BCUT2D eigenvalue weighted by Gasteiger charge is 2.19. The number of aliphatic hydroxyl groups is 1. The molecule has 2 rings (SSSR count). The Balaban J connectivity index is 0. The molecule has 4 nitrogen and oxygen atoms in total. The Morgan fingerprint density at radius 2 is 1.53 bits per heavy atom. The van der Waals surface area contributed by atoms with Crippen LogP contribution in [0.4, 0.5) is 0 Å². The first-order chi connectivity index (χ1) is 15.2. The van der Waals surface area contributed by atoms with E-state index in [1.54, 1.807) is 12.1 Å². The number of aryl methyl sites for hydroxylation is 2. The van der Waals surface area contributed by atoms with Gasteiger partial charge in [-0.1, -0.05) is 70.3 Å². The number of phenols is 1. The van der Waals surface area contributed by atoms with Gasteiger partial charge < -0.3 is 21.2 Å². The van der Waals surface area contributed by atoms with Gasteiger partial charge in [-0.3, -0.25) is 0 Å². The average molecular weight is 469 g/mol. The molecule has 0 spiro atoms. The van der Waals surface area contributed by atoms with Crippen LogP contribution in [-0.2, 0) is 6.42 Å². The van der Waals surface area contributed by atoms with Crippen LogP contribution in [0.3, 0.4) is 0 Å². The first kappa shape index (κ1) is 33.1. The molecule has 6 N–H and O–H groups in total. The number of benzene rings is 2. The smallest absolute Gasteiger partial charge is 0.115 e. The molecule has 0 amide bonds. The molecule has 2 unspecified atom stereocenters. The zero-order valence-electron chi connectivity index (χ0n) is 21.7. The zero-order chi connectivity index (χ0) is 24.4. The highest BCUT2D eigenvalue weighted by atomic mass is 16.3. The van der Waals surface area contributed by atoms with Crippen LogP contribution in [0.15, 0.2) is 85.2 Å². The van der Waals surface area contributed by atoms with Gasteiger partial charge in [0.25, 0.3) is 0 Å². The van der Waals surface area contributed by atoms with E-state index < -0.39 is 0 Å². The lowest BCUT2D eigenvalue weighted by Gasteiger charge is -2.23. The third-order valence-corrected chi connectivity index (χ3v) is 5.87. The zero-order valence-corrected chi connectivity index (χ0v) is 21.7. The van der Waals surface area contributed by atoms with Crippen LogP contribution in [0, 0.1) is 13.8 Å². The van der Waals surface area contributed by atoms with E-state index in [2.05, 4.69) is 52.6 Å². The van der Waals surface area contributed by atoms with Crippen LogP contribution < -0.4 is 0 Å². The van der Waals surface area contributed by atoms with Crippen molar-refractivity contribution in [2.75, 3.05) is 0 Å². The molecule has 0 aliphatic heterocycles. The van der Waals surface area contributed by atoms with Crippen molar-refractivity contribution in [1.82, 2.24) is 0 Å². The maximum Gasteiger partial charge on any atom is 0.115 e. The van der Waals surface area contributed by atoms with E-state index in [1.165, 1.54) is 27.8 Å². The summed E-state index contributed by atoms with van der Waals surface area (Å²) in [5.74, 6) is 0.733. The second-order valence-electron chi connectivity index (χ2n) is 8.13. The summed E-state index contributed by atoms with van der Waals surface area (Å²) in [6.45, 7) is 24.3. The number of aromatic hydroxyl groups is 1. The second-order valence-corrected chi connectivity index (χ2v) is 8.13. The number of hydrogen-bond donors (Lipinski definition) is 2. The van der Waals surface area contributed by atoms with Gasteiger partial charge in [0.15, 0.2) is 0 Å². The van der Waals surface area contributed by atoms with E-state index in [0.29, 0.717) is 17.9 Å². The number of allylic oxidation sites excluding steroid dienone is 3. The molecule has 0 aliphatic carbocycles. The Morgan fingerprint density at radius 3 is 2.00 bits per heavy atom. The average Bonchev–Trinajstić information content (AvgIpc) is 2.76. The van der Waals surface area contributed by atoms with Gasteiger partial charge in [-0.2, -0.15) is 0 Å². The Kier molecular flexibility index (Phi) is 15.3. The Hall–Kier alpha value is -3.08. The predicted molar refractivity (Wildman–Crippen MR) is 147 cm³/mol.